The highest BCUT2D eigenvalue weighted by Gasteiger charge is 2.39. The second kappa shape index (κ2) is 19.8. The number of carbonyl (C=O) groups excluding carboxylic acids is 2. The number of rotatable bonds is 1. The number of hydrogen-bond donors (Lipinski definition) is 0. The molecule has 46 heavy (non-hydrogen) atoms. The second-order valence-electron chi connectivity index (χ2n) is 15.5. The minimum absolute atomic E-state index is 0.0115. The Hall–Kier alpha value is -1.92. The first-order valence-electron chi connectivity index (χ1n) is 18.7. The lowest BCUT2D eigenvalue weighted by atomic mass is 9.87. The van der Waals surface area contributed by atoms with E-state index in [0.29, 0.717) is 43.1 Å². The molecule has 0 aromatic carbocycles. The molecule has 0 N–H and O–H groups in total. The monoisotopic (exact) mass is 642 g/mol. The van der Waals surface area contributed by atoms with Crippen LogP contribution in [-0.2, 0) is 23.8 Å². The molecule has 3 aliphatic rings. The van der Waals surface area contributed by atoms with Gasteiger partial charge in [0.05, 0.1) is 30.8 Å². The van der Waals surface area contributed by atoms with Crippen LogP contribution >= 0.6 is 0 Å². The highest BCUT2D eigenvalue weighted by Crippen LogP contribution is 2.32. The SMILES string of the molecule is COC1CC2CC[C@@H](C)C(CC(=O)N3CCCC3C(=O)OC(C)CC[C@H](C)CC(C)CCC[C@H](C)C[C@H](C)/C=C/C=C/C=C/1C)O2. The lowest BCUT2D eigenvalue weighted by molar-refractivity contribution is -0.160. The van der Waals surface area contributed by atoms with E-state index in [1.165, 1.54) is 37.7 Å². The topological polar surface area (TPSA) is 65.1 Å². The molecule has 2 fully saturated rings. The molecule has 6 unspecified atom stereocenters. The number of esters is 1. The third-order valence-electron chi connectivity index (χ3n) is 10.8. The van der Waals surface area contributed by atoms with Gasteiger partial charge in [-0.2, -0.15) is 0 Å². The van der Waals surface area contributed by atoms with E-state index in [4.69, 9.17) is 14.2 Å². The van der Waals surface area contributed by atoms with Gasteiger partial charge in [0.1, 0.15) is 6.04 Å². The lowest BCUT2D eigenvalue weighted by Gasteiger charge is -2.37. The summed E-state index contributed by atoms with van der Waals surface area (Å²) in [5, 5.41) is 0. The number of hydrogen-bond acceptors (Lipinski definition) is 5. The Morgan fingerprint density at radius 2 is 1.50 bits per heavy atom. The van der Waals surface area contributed by atoms with Crippen molar-refractivity contribution in [2.24, 2.45) is 29.6 Å². The molecule has 0 saturated carbocycles. The smallest absolute Gasteiger partial charge is 0.329 e. The quantitative estimate of drug-likeness (QED) is 0.267. The molecule has 2 saturated heterocycles. The van der Waals surface area contributed by atoms with Crippen LogP contribution in [0.4, 0.5) is 0 Å². The molecule has 3 rings (SSSR count). The van der Waals surface area contributed by atoms with E-state index in [2.05, 4.69) is 71.9 Å². The summed E-state index contributed by atoms with van der Waals surface area (Å²) in [6.45, 7) is 16.4. The lowest BCUT2D eigenvalue weighted by Crippen LogP contribution is -2.45. The first-order chi connectivity index (χ1) is 22.0. The van der Waals surface area contributed by atoms with Crippen molar-refractivity contribution in [3.63, 3.8) is 0 Å². The maximum Gasteiger partial charge on any atom is 0.329 e. The summed E-state index contributed by atoms with van der Waals surface area (Å²) in [4.78, 5) is 28.6. The summed E-state index contributed by atoms with van der Waals surface area (Å²) in [5.41, 5.74) is 1.17. The van der Waals surface area contributed by atoms with Crippen LogP contribution in [0.3, 0.4) is 0 Å². The number of cyclic esters (lactones) is 1. The standard InChI is InChI=1S/C40H67NO5/c1-28-14-10-9-11-17-32(5)37(44-8)26-35-22-20-33(6)38(46-35)27-39(42)41-23-13-18-36(41)40(43)45-34(7)21-19-31(4)25-30(3)16-12-15-29(2)24-28/h9-11,14,17,28-31,33-38H,12-13,15-16,18-27H2,1-8H3/b11-9+,14-10+,32-17+/t28-,29+,30?,31+,33-,34?,35?,36?,37?,38?/m1/s1. The van der Waals surface area contributed by atoms with Crippen LogP contribution in [0.1, 0.15) is 132 Å². The average Bonchev–Trinajstić information content (AvgIpc) is 3.50. The van der Waals surface area contributed by atoms with Crippen LogP contribution < -0.4 is 0 Å². The Morgan fingerprint density at radius 3 is 2.24 bits per heavy atom. The van der Waals surface area contributed by atoms with Crippen LogP contribution in [0.15, 0.2) is 36.0 Å². The van der Waals surface area contributed by atoms with E-state index in [9.17, 15) is 9.59 Å². The molecule has 6 nitrogen and oxygen atoms in total. The van der Waals surface area contributed by atoms with Crippen molar-refractivity contribution in [3.05, 3.63) is 36.0 Å². The summed E-state index contributed by atoms with van der Waals surface area (Å²) in [6, 6.07) is -0.475. The van der Waals surface area contributed by atoms with E-state index >= 15 is 0 Å². The van der Waals surface area contributed by atoms with Crippen molar-refractivity contribution in [3.8, 4) is 0 Å². The van der Waals surface area contributed by atoms with Gasteiger partial charge in [0.25, 0.3) is 0 Å². The fourth-order valence-corrected chi connectivity index (χ4v) is 7.87. The number of amides is 1. The molecular weight excluding hydrogens is 574 g/mol. The largest absolute Gasteiger partial charge is 0.461 e. The van der Waals surface area contributed by atoms with Crippen molar-refractivity contribution in [2.45, 2.75) is 162 Å². The molecule has 0 radical (unpaired) electrons. The molecule has 0 spiro atoms. The Labute approximate surface area is 281 Å². The third kappa shape index (κ3) is 12.9. The van der Waals surface area contributed by atoms with Crippen molar-refractivity contribution < 1.29 is 23.8 Å². The maximum absolute atomic E-state index is 13.6. The fraction of sp³-hybridized carbons (Fsp3) is 0.800. The zero-order valence-electron chi connectivity index (χ0n) is 30.5. The number of nitrogens with zero attached hydrogens (tertiary/aromatic N) is 1. The molecule has 6 heteroatoms. The van der Waals surface area contributed by atoms with E-state index in [1.54, 1.807) is 12.0 Å². The Bertz CT molecular complexity index is 1020. The molecule has 1 amide bonds. The first kappa shape index (κ1) is 38.5. The van der Waals surface area contributed by atoms with Crippen molar-refractivity contribution >= 4 is 11.9 Å². The predicted molar refractivity (Wildman–Crippen MR) is 188 cm³/mol. The van der Waals surface area contributed by atoms with Gasteiger partial charge >= 0.3 is 5.97 Å². The van der Waals surface area contributed by atoms with Gasteiger partial charge in [0, 0.05) is 20.1 Å². The maximum atomic E-state index is 13.6. The van der Waals surface area contributed by atoms with Gasteiger partial charge in [-0.15, -0.1) is 0 Å². The van der Waals surface area contributed by atoms with Crippen LogP contribution in [0.25, 0.3) is 0 Å². The molecule has 262 valence electrons. The highest BCUT2D eigenvalue weighted by molar-refractivity contribution is 5.85. The van der Waals surface area contributed by atoms with E-state index in [-0.39, 0.29) is 36.3 Å². The molecule has 0 aromatic rings. The van der Waals surface area contributed by atoms with Crippen LogP contribution in [-0.4, -0.2) is 60.9 Å². The molecule has 3 aliphatic heterocycles. The summed E-state index contributed by atoms with van der Waals surface area (Å²) in [7, 11) is 1.76. The van der Waals surface area contributed by atoms with Crippen LogP contribution in [0.2, 0.25) is 0 Å². The fourth-order valence-electron chi connectivity index (χ4n) is 7.87. The van der Waals surface area contributed by atoms with Crippen LogP contribution in [0.5, 0.6) is 0 Å². The number of methoxy groups -OCH3 is 1. The van der Waals surface area contributed by atoms with Gasteiger partial charge in [0.2, 0.25) is 5.91 Å². The van der Waals surface area contributed by atoms with E-state index < -0.39 is 6.04 Å². The predicted octanol–water partition coefficient (Wildman–Crippen LogP) is 9.24. The average molecular weight is 642 g/mol. The van der Waals surface area contributed by atoms with Gasteiger partial charge in [-0.1, -0.05) is 84.3 Å². The number of allylic oxidation sites excluding steroid dienone is 5. The van der Waals surface area contributed by atoms with E-state index in [0.717, 1.165) is 44.4 Å². The van der Waals surface area contributed by atoms with Crippen molar-refractivity contribution in [1.82, 2.24) is 4.90 Å². The normalized spacial score (nSPS) is 39.9. The van der Waals surface area contributed by atoms with Gasteiger partial charge in [-0.05, 0) is 100 Å². The minimum Gasteiger partial charge on any atom is -0.461 e. The van der Waals surface area contributed by atoms with Gasteiger partial charge in [0.15, 0.2) is 0 Å². The molecule has 2 bridgehead atoms. The number of carbonyl (C=O) groups is 2. The summed E-state index contributed by atoms with van der Waals surface area (Å²) in [6.07, 6.45) is 23.4. The Balaban J connectivity index is 1.70. The Morgan fingerprint density at radius 1 is 0.783 bits per heavy atom. The first-order valence-corrected chi connectivity index (χ1v) is 18.7. The molecule has 0 aliphatic carbocycles. The third-order valence-corrected chi connectivity index (χ3v) is 10.8. The van der Waals surface area contributed by atoms with Crippen molar-refractivity contribution in [2.75, 3.05) is 13.7 Å². The minimum atomic E-state index is -0.475. The van der Waals surface area contributed by atoms with Gasteiger partial charge in [-0.25, -0.2) is 4.79 Å². The molecule has 0 aromatic heterocycles. The highest BCUT2D eigenvalue weighted by atomic mass is 16.5. The number of fused-ring (bicyclic) bond motifs is 3. The van der Waals surface area contributed by atoms with Crippen LogP contribution in [0, 0.1) is 29.6 Å². The molecule has 10 atom stereocenters. The molecular formula is C40H67NO5. The van der Waals surface area contributed by atoms with Gasteiger partial charge in [-0.3, -0.25) is 4.79 Å². The zero-order chi connectivity index (χ0) is 33.6. The molecule has 3 heterocycles. The zero-order valence-corrected chi connectivity index (χ0v) is 30.5. The van der Waals surface area contributed by atoms with Crippen molar-refractivity contribution in [1.29, 1.82) is 0 Å². The summed E-state index contributed by atoms with van der Waals surface area (Å²) in [5.74, 6) is 2.65. The summed E-state index contributed by atoms with van der Waals surface area (Å²) >= 11 is 0. The number of ether oxygens (including phenoxy) is 3. The van der Waals surface area contributed by atoms with E-state index in [1.807, 2.05) is 6.92 Å². The summed E-state index contributed by atoms with van der Waals surface area (Å²) < 4.78 is 18.4. The van der Waals surface area contributed by atoms with Gasteiger partial charge < -0.3 is 19.1 Å². The second-order valence-corrected chi connectivity index (χ2v) is 15.5. The Kier molecular flexibility index (Phi) is 16.6.